The third-order valence-electron chi connectivity index (χ3n) is 4.09. The minimum Gasteiger partial charge on any atom is -0.382 e. The summed E-state index contributed by atoms with van der Waals surface area (Å²) in [5, 5.41) is 23.2. The number of hydrogen-bond donors (Lipinski definition) is 1. The molecule has 0 radical (unpaired) electrons. The van der Waals surface area contributed by atoms with Crippen molar-refractivity contribution >= 4 is 11.4 Å². The summed E-state index contributed by atoms with van der Waals surface area (Å²) in [4.78, 5) is 12.5. The highest BCUT2D eigenvalue weighted by molar-refractivity contribution is 5.61. The summed E-state index contributed by atoms with van der Waals surface area (Å²) < 4.78 is 0. The zero-order valence-electron chi connectivity index (χ0n) is 13.7. The second-order valence-electron chi connectivity index (χ2n) is 5.59. The van der Waals surface area contributed by atoms with Crippen LogP contribution in [0.15, 0.2) is 18.2 Å². The van der Waals surface area contributed by atoms with E-state index in [9.17, 15) is 15.4 Å². The number of nitro benzene ring substituents is 1. The maximum Gasteiger partial charge on any atom is 0.270 e. The highest BCUT2D eigenvalue weighted by atomic mass is 16.6. The summed E-state index contributed by atoms with van der Waals surface area (Å²) in [5.74, 6) is 0.561. The lowest BCUT2D eigenvalue weighted by molar-refractivity contribution is -0.384. The van der Waals surface area contributed by atoms with E-state index in [1.807, 2.05) is 20.2 Å². The fraction of sp³-hybridized carbons (Fsp3) is 0.562. The van der Waals surface area contributed by atoms with Gasteiger partial charge in [0, 0.05) is 24.7 Å². The smallest absolute Gasteiger partial charge is 0.270 e. The molecular formula is C16H24N4O2. The van der Waals surface area contributed by atoms with Gasteiger partial charge in [0.25, 0.3) is 5.69 Å². The van der Waals surface area contributed by atoms with Crippen molar-refractivity contribution in [2.24, 2.45) is 5.92 Å². The highest BCUT2D eigenvalue weighted by Crippen LogP contribution is 2.23. The van der Waals surface area contributed by atoms with Crippen molar-refractivity contribution in [1.29, 1.82) is 5.26 Å². The molecule has 1 atom stereocenters. The number of nitrogens with one attached hydrogen (secondary N) is 1. The van der Waals surface area contributed by atoms with Gasteiger partial charge in [-0.15, -0.1) is 0 Å². The largest absolute Gasteiger partial charge is 0.382 e. The minimum atomic E-state index is -0.489. The number of likely N-dealkylation sites (N-methyl/N-ethyl adjacent to an activating group) is 1. The molecule has 6 nitrogen and oxygen atoms in total. The molecule has 0 aliphatic heterocycles. The number of non-ortho nitro benzene ring substituents is 1. The molecule has 0 saturated heterocycles. The molecule has 0 bridgehead atoms. The van der Waals surface area contributed by atoms with Crippen molar-refractivity contribution < 1.29 is 4.92 Å². The molecule has 6 heteroatoms. The van der Waals surface area contributed by atoms with Crippen molar-refractivity contribution in [3.8, 4) is 6.07 Å². The monoisotopic (exact) mass is 304 g/mol. The van der Waals surface area contributed by atoms with Crippen molar-refractivity contribution in [3.63, 3.8) is 0 Å². The van der Waals surface area contributed by atoms with Crippen LogP contribution < -0.4 is 5.32 Å². The van der Waals surface area contributed by atoms with E-state index < -0.39 is 4.92 Å². The number of benzene rings is 1. The number of nitro groups is 1. The van der Waals surface area contributed by atoms with E-state index in [1.165, 1.54) is 12.1 Å². The fourth-order valence-electron chi connectivity index (χ4n) is 2.71. The minimum absolute atomic E-state index is 0.0637. The molecule has 22 heavy (non-hydrogen) atoms. The molecule has 1 aromatic rings. The van der Waals surface area contributed by atoms with Gasteiger partial charge in [-0.1, -0.05) is 26.7 Å². The molecular weight excluding hydrogens is 280 g/mol. The highest BCUT2D eigenvalue weighted by Gasteiger charge is 2.21. The van der Waals surface area contributed by atoms with Crippen LogP contribution in [0.2, 0.25) is 0 Å². The Bertz CT molecular complexity index is 548. The van der Waals surface area contributed by atoms with Crippen LogP contribution in [0.3, 0.4) is 0 Å². The zero-order chi connectivity index (χ0) is 16.7. The van der Waals surface area contributed by atoms with Gasteiger partial charge < -0.3 is 10.2 Å². The maximum atomic E-state index is 10.8. The SMILES string of the molecule is CCC(CC)[C@@H](CNc1ccc([N+](=O)[O-])cc1C#N)N(C)C. The van der Waals surface area contributed by atoms with E-state index in [4.69, 9.17) is 0 Å². The zero-order valence-corrected chi connectivity index (χ0v) is 13.7. The molecule has 0 saturated carbocycles. The van der Waals surface area contributed by atoms with Gasteiger partial charge in [0.1, 0.15) is 6.07 Å². The van der Waals surface area contributed by atoms with Crippen LogP contribution in [-0.4, -0.2) is 36.5 Å². The van der Waals surface area contributed by atoms with Crippen LogP contribution >= 0.6 is 0 Å². The third-order valence-corrected chi connectivity index (χ3v) is 4.09. The van der Waals surface area contributed by atoms with Crippen LogP contribution in [0.1, 0.15) is 32.3 Å². The van der Waals surface area contributed by atoms with E-state index in [0.29, 0.717) is 29.8 Å². The lowest BCUT2D eigenvalue weighted by atomic mass is 9.93. The van der Waals surface area contributed by atoms with Gasteiger partial charge in [0.15, 0.2) is 0 Å². The van der Waals surface area contributed by atoms with Crippen LogP contribution in [0.5, 0.6) is 0 Å². The van der Waals surface area contributed by atoms with Crippen LogP contribution in [0.25, 0.3) is 0 Å². The molecule has 0 aliphatic rings. The van der Waals surface area contributed by atoms with Gasteiger partial charge in [-0.2, -0.15) is 5.26 Å². The summed E-state index contributed by atoms with van der Waals surface area (Å²) in [7, 11) is 4.09. The fourth-order valence-corrected chi connectivity index (χ4v) is 2.71. The Morgan fingerprint density at radius 3 is 2.45 bits per heavy atom. The molecule has 0 fully saturated rings. The van der Waals surface area contributed by atoms with E-state index in [2.05, 4.69) is 24.1 Å². The van der Waals surface area contributed by atoms with Crippen LogP contribution in [-0.2, 0) is 0 Å². The van der Waals surface area contributed by atoms with Gasteiger partial charge in [0.2, 0.25) is 0 Å². The molecule has 0 amide bonds. The Balaban J connectivity index is 2.90. The molecule has 120 valence electrons. The molecule has 1 rings (SSSR count). The van der Waals surface area contributed by atoms with Gasteiger partial charge >= 0.3 is 0 Å². The Hall–Kier alpha value is -2.13. The lowest BCUT2D eigenvalue weighted by Crippen LogP contribution is -2.40. The normalized spacial score (nSPS) is 12.2. The summed E-state index contributed by atoms with van der Waals surface area (Å²) in [5.41, 5.74) is 0.883. The maximum absolute atomic E-state index is 10.8. The first-order valence-electron chi connectivity index (χ1n) is 7.53. The molecule has 1 aromatic carbocycles. The van der Waals surface area contributed by atoms with Crippen LogP contribution in [0, 0.1) is 27.4 Å². The number of hydrogen-bond acceptors (Lipinski definition) is 5. The molecule has 0 unspecified atom stereocenters. The Morgan fingerprint density at radius 1 is 1.36 bits per heavy atom. The molecule has 1 N–H and O–H groups in total. The second-order valence-corrected chi connectivity index (χ2v) is 5.59. The standard InChI is InChI=1S/C16H24N4O2/c1-5-12(6-2)16(19(3)4)11-18-15-8-7-14(20(21)22)9-13(15)10-17/h7-9,12,16,18H,5-6,11H2,1-4H3/t16-/m1/s1. The number of anilines is 1. The van der Waals surface area contributed by atoms with E-state index in [1.54, 1.807) is 6.07 Å². The summed E-state index contributed by atoms with van der Waals surface area (Å²) >= 11 is 0. The second kappa shape index (κ2) is 8.35. The first kappa shape index (κ1) is 17.9. The van der Waals surface area contributed by atoms with Crippen molar-refractivity contribution in [3.05, 3.63) is 33.9 Å². The Morgan fingerprint density at radius 2 is 2.00 bits per heavy atom. The van der Waals surface area contributed by atoms with E-state index in [0.717, 1.165) is 12.8 Å². The first-order valence-corrected chi connectivity index (χ1v) is 7.53. The predicted molar refractivity (Wildman–Crippen MR) is 87.8 cm³/mol. The van der Waals surface area contributed by atoms with E-state index in [-0.39, 0.29) is 5.69 Å². The molecule has 0 heterocycles. The van der Waals surface area contributed by atoms with Gasteiger partial charge in [0.05, 0.1) is 16.2 Å². The lowest BCUT2D eigenvalue weighted by Gasteiger charge is -2.32. The summed E-state index contributed by atoms with van der Waals surface area (Å²) in [6.07, 6.45) is 2.18. The van der Waals surface area contributed by atoms with Gasteiger partial charge in [-0.3, -0.25) is 10.1 Å². The Kier molecular flexibility index (Phi) is 6.80. The predicted octanol–water partition coefficient (Wildman–Crippen LogP) is 3.24. The number of nitriles is 1. The average molecular weight is 304 g/mol. The average Bonchev–Trinajstić information content (AvgIpc) is 2.50. The number of nitrogens with zero attached hydrogens (tertiary/aromatic N) is 3. The van der Waals surface area contributed by atoms with Gasteiger partial charge in [-0.25, -0.2) is 0 Å². The van der Waals surface area contributed by atoms with Crippen molar-refractivity contribution in [2.75, 3.05) is 26.0 Å². The van der Waals surface area contributed by atoms with Gasteiger partial charge in [-0.05, 0) is 26.1 Å². The van der Waals surface area contributed by atoms with Crippen molar-refractivity contribution in [2.45, 2.75) is 32.7 Å². The first-order chi connectivity index (χ1) is 10.4. The quantitative estimate of drug-likeness (QED) is 0.589. The van der Waals surface area contributed by atoms with Crippen LogP contribution in [0.4, 0.5) is 11.4 Å². The molecule has 0 spiro atoms. The molecule has 0 aromatic heterocycles. The van der Waals surface area contributed by atoms with E-state index >= 15 is 0 Å². The number of rotatable bonds is 8. The summed E-state index contributed by atoms with van der Waals surface area (Å²) in [6, 6.07) is 6.70. The van der Waals surface area contributed by atoms with Crippen molar-refractivity contribution in [1.82, 2.24) is 4.90 Å². The Labute approximate surface area is 131 Å². The third kappa shape index (κ3) is 4.43. The summed E-state index contributed by atoms with van der Waals surface area (Å²) in [6.45, 7) is 5.06. The topological polar surface area (TPSA) is 82.2 Å². The molecule has 0 aliphatic carbocycles.